The highest BCUT2D eigenvalue weighted by Gasteiger charge is 2.56. The van der Waals surface area contributed by atoms with E-state index < -0.39 is 20.8 Å². The van der Waals surface area contributed by atoms with Crippen LogP contribution < -0.4 is 8.37 Å². The fraction of sp³-hybridized carbons (Fsp3) is 0.286. The largest absolute Gasteiger partial charge is 0.446 e. The smallest absolute Gasteiger partial charge is 0.361 e. The lowest BCUT2D eigenvalue weighted by molar-refractivity contribution is 0.375. The lowest BCUT2D eigenvalue weighted by atomic mass is 9.74. The fourth-order valence-electron chi connectivity index (χ4n) is 12.8. The van der Waals surface area contributed by atoms with E-state index in [9.17, 15) is 25.9 Å². The van der Waals surface area contributed by atoms with Gasteiger partial charge in [-0.05, 0) is 92.4 Å². The fourth-order valence-corrected chi connectivity index (χ4v) is 13.6. The minimum absolute atomic E-state index is 0.0891. The SMILES string of the molecule is O=S(=O)(O)Oc1c2c(c(OS(=O)(=O)O)c3c1[C@H]1CC3c3cc4c(cc31)C1C[C@@H]4c3ccccc31)[C@H]1CC2c2cc3c(cc21)C1C[C@@H]3c2ccccc21. The van der Waals surface area contributed by atoms with Gasteiger partial charge in [0.15, 0.2) is 11.5 Å². The topological polar surface area (TPSA) is 127 Å². The quantitative estimate of drug-likeness (QED) is 0.179. The Hall–Kier alpha value is -4.48. The van der Waals surface area contributed by atoms with Crippen molar-refractivity contribution in [2.24, 2.45) is 0 Å². The summed E-state index contributed by atoms with van der Waals surface area (Å²) in [6.45, 7) is 0. The molecule has 0 spiro atoms. The molecule has 0 aliphatic heterocycles. The summed E-state index contributed by atoms with van der Waals surface area (Å²) in [4.78, 5) is 0. The highest BCUT2D eigenvalue weighted by Crippen LogP contribution is 2.71. The zero-order valence-corrected chi connectivity index (χ0v) is 29.2. The zero-order chi connectivity index (χ0) is 34.7. The van der Waals surface area contributed by atoms with Gasteiger partial charge in [0.1, 0.15) is 0 Å². The van der Waals surface area contributed by atoms with Crippen LogP contribution in [-0.4, -0.2) is 25.9 Å². The molecule has 0 aromatic heterocycles. The lowest BCUT2D eigenvalue weighted by Crippen LogP contribution is -2.20. The van der Waals surface area contributed by atoms with E-state index in [1.165, 1.54) is 44.5 Å². The maximum atomic E-state index is 12.7. The van der Waals surface area contributed by atoms with Crippen LogP contribution in [0.1, 0.15) is 162 Å². The summed E-state index contributed by atoms with van der Waals surface area (Å²) in [5.41, 5.74) is 17.1. The van der Waals surface area contributed by atoms with Crippen molar-refractivity contribution < 1.29 is 34.3 Å². The third-order valence-electron chi connectivity index (χ3n) is 14.3. The van der Waals surface area contributed by atoms with Gasteiger partial charge >= 0.3 is 20.8 Å². The Morgan fingerprint density at radius 2 is 0.615 bits per heavy atom. The van der Waals surface area contributed by atoms with Crippen LogP contribution in [0.3, 0.4) is 0 Å². The van der Waals surface area contributed by atoms with Crippen LogP contribution in [0.25, 0.3) is 0 Å². The van der Waals surface area contributed by atoms with E-state index in [-0.39, 0.29) is 35.2 Å². The molecule has 0 radical (unpaired) electrons. The number of hydrogen-bond acceptors (Lipinski definition) is 6. The monoisotopic (exact) mass is 726 g/mol. The van der Waals surface area contributed by atoms with Gasteiger partial charge in [0.2, 0.25) is 0 Å². The molecule has 0 saturated carbocycles. The molecule has 8 aliphatic rings. The summed E-state index contributed by atoms with van der Waals surface area (Å²) < 4.78 is 82.7. The second kappa shape index (κ2) is 8.99. The Balaban J connectivity index is 1.03. The van der Waals surface area contributed by atoms with Gasteiger partial charge < -0.3 is 8.37 Å². The first-order chi connectivity index (χ1) is 25.0. The van der Waals surface area contributed by atoms with Gasteiger partial charge in [-0.15, -0.1) is 0 Å². The molecule has 258 valence electrons. The van der Waals surface area contributed by atoms with E-state index >= 15 is 0 Å². The average molecular weight is 727 g/mol. The van der Waals surface area contributed by atoms with Crippen molar-refractivity contribution in [3.63, 3.8) is 0 Å². The number of hydrogen-bond donors (Lipinski definition) is 2. The molecule has 2 N–H and O–H groups in total. The van der Waals surface area contributed by atoms with Crippen LogP contribution in [0.15, 0.2) is 72.8 Å². The molecule has 13 rings (SSSR count). The highest BCUT2D eigenvalue weighted by atomic mass is 32.3. The number of fused-ring (bicyclic) bond motifs is 32. The second-order valence-electron chi connectivity index (χ2n) is 16.2. The van der Waals surface area contributed by atoms with Crippen LogP contribution in [-0.2, 0) is 20.8 Å². The molecule has 4 unspecified atom stereocenters. The standard InChI is InChI=1S/C42H30O8S2/c43-51(44,45)49-41-37-33-15-34(30-12-26-22-9-21(25(26)11-29(30)33)17-5-1-2-6-18(17)22)38(37)42(50-52(46,47)48)40-36-16-35(39(40)41)31-13-27-23-10-24(28(27)14-32(31)36)20-8-4-3-7-19(20)23/h1-8,11-14,21-24,33-36H,9-10,15-16H2,(H,43,44,45)(H,46,47,48)/t21-,22?,23?,24-,33?,34+,35+,36?/m1/s1. The molecular formula is C42H30O8S2. The summed E-state index contributed by atoms with van der Waals surface area (Å²) in [7, 11) is -9.93. The highest BCUT2D eigenvalue weighted by molar-refractivity contribution is 7.81. The molecule has 8 bridgehead atoms. The minimum atomic E-state index is -4.96. The van der Waals surface area contributed by atoms with Crippen molar-refractivity contribution in [1.29, 1.82) is 0 Å². The van der Waals surface area contributed by atoms with Gasteiger partial charge in [-0.25, -0.2) is 0 Å². The van der Waals surface area contributed by atoms with Gasteiger partial charge in [0.05, 0.1) is 0 Å². The zero-order valence-electron chi connectivity index (χ0n) is 27.5. The molecule has 0 saturated heterocycles. The van der Waals surface area contributed by atoms with Crippen molar-refractivity contribution in [1.82, 2.24) is 0 Å². The van der Waals surface area contributed by atoms with Crippen molar-refractivity contribution in [2.45, 2.75) is 73.0 Å². The number of rotatable bonds is 4. The van der Waals surface area contributed by atoms with E-state index in [0.717, 1.165) is 35.1 Å². The maximum absolute atomic E-state index is 12.7. The second-order valence-corrected chi connectivity index (χ2v) is 18.2. The molecule has 52 heavy (non-hydrogen) atoms. The van der Waals surface area contributed by atoms with E-state index in [2.05, 4.69) is 72.8 Å². The Morgan fingerprint density at radius 3 is 0.865 bits per heavy atom. The van der Waals surface area contributed by atoms with Crippen molar-refractivity contribution >= 4 is 20.8 Å². The average Bonchev–Trinajstić information content (AvgIpc) is 3.98. The molecule has 0 amide bonds. The normalized spacial score (nSPS) is 29.0. The van der Waals surface area contributed by atoms with Crippen LogP contribution in [0.4, 0.5) is 0 Å². The molecule has 8 aliphatic carbocycles. The first-order valence-electron chi connectivity index (χ1n) is 18.1. The molecule has 10 heteroatoms. The van der Waals surface area contributed by atoms with Gasteiger partial charge in [-0.2, -0.15) is 16.8 Å². The van der Waals surface area contributed by atoms with E-state index in [4.69, 9.17) is 8.37 Å². The Kier molecular flexibility index (Phi) is 5.02. The van der Waals surface area contributed by atoms with Crippen molar-refractivity contribution in [2.75, 3.05) is 0 Å². The van der Waals surface area contributed by atoms with E-state index in [0.29, 0.717) is 58.8 Å². The summed E-state index contributed by atoms with van der Waals surface area (Å²) in [6, 6.07) is 26.3. The molecule has 5 aromatic carbocycles. The van der Waals surface area contributed by atoms with Gasteiger partial charge in [-0.1, -0.05) is 72.8 Å². The summed E-state index contributed by atoms with van der Waals surface area (Å²) in [6.07, 6.45) is 3.20. The predicted molar refractivity (Wildman–Crippen MR) is 190 cm³/mol. The summed E-state index contributed by atoms with van der Waals surface area (Å²) in [5.74, 6) is 0.158. The first kappa shape index (κ1) is 29.0. The molecule has 0 heterocycles. The third kappa shape index (κ3) is 3.37. The lowest BCUT2D eigenvalue weighted by Gasteiger charge is -2.32. The molecule has 8 atom stereocenters. The Morgan fingerprint density at radius 1 is 0.385 bits per heavy atom. The van der Waals surface area contributed by atoms with Crippen LogP contribution in [0.5, 0.6) is 11.5 Å². The van der Waals surface area contributed by atoms with Gasteiger partial charge in [0.25, 0.3) is 0 Å². The van der Waals surface area contributed by atoms with Gasteiger partial charge in [0, 0.05) is 69.6 Å². The van der Waals surface area contributed by atoms with E-state index in [1.54, 1.807) is 0 Å². The Bertz CT molecular complexity index is 2480. The predicted octanol–water partition coefficient (Wildman–Crippen LogP) is 7.97. The van der Waals surface area contributed by atoms with Gasteiger partial charge in [-0.3, -0.25) is 9.11 Å². The van der Waals surface area contributed by atoms with Crippen molar-refractivity contribution in [3.8, 4) is 11.5 Å². The molecule has 8 nitrogen and oxygen atoms in total. The maximum Gasteiger partial charge on any atom is 0.446 e. The number of benzene rings is 5. The molecule has 0 fully saturated rings. The molecular weight excluding hydrogens is 697 g/mol. The molecule has 5 aromatic rings. The van der Waals surface area contributed by atoms with Crippen molar-refractivity contribution in [3.05, 3.63) is 162 Å². The van der Waals surface area contributed by atoms with E-state index in [1.807, 2.05) is 0 Å². The summed E-state index contributed by atoms with van der Waals surface area (Å²) >= 11 is 0. The van der Waals surface area contributed by atoms with Crippen LogP contribution in [0, 0.1) is 0 Å². The Labute approximate surface area is 300 Å². The van der Waals surface area contributed by atoms with Crippen LogP contribution in [0.2, 0.25) is 0 Å². The third-order valence-corrected chi connectivity index (χ3v) is 15.0. The summed E-state index contributed by atoms with van der Waals surface area (Å²) in [5, 5.41) is 0. The van der Waals surface area contributed by atoms with Crippen LogP contribution >= 0.6 is 0 Å². The minimum Gasteiger partial charge on any atom is -0.361 e. The first-order valence-corrected chi connectivity index (χ1v) is 20.9.